The number of rotatable bonds is 2. The Hall–Kier alpha value is 0.200. The van der Waals surface area contributed by atoms with Gasteiger partial charge in [-0.25, -0.2) is 0 Å². The molecule has 0 spiro atoms. The number of hydrogen-bond donors (Lipinski definition) is 1. The van der Waals surface area contributed by atoms with E-state index in [1.165, 1.54) is 6.42 Å². The van der Waals surface area contributed by atoms with E-state index in [9.17, 15) is 8.42 Å². The Kier molecular flexibility index (Phi) is 5.13. The molecule has 1 aliphatic carbocycles. The molecule has 0 aromatic heterocycles. The quantitative estimate of drug-likeness (QED) is 0.715. The minimum absolute atomic E-state index is 0. The van der Waals surface area contributed by atoms with Crippen LogP contribution < -0.4 is 0 Å². The molecule has 0 saturated heterocycles. The number of hydrogen-bond acceptors (Lipinski definition) is 2. The second-order valence-corrected chi connectivity index (χ2v) is 4.75. The molecule has 0 amide bonds. The van der Waals surface area contributed by atoms with Crippen LogP contribution in [0.1, 0.15) is 32.1 Å². The van der Waals surface area contributed by atoms with E-state index in [1.807, 2.05) is 0 Å². The van der Waals surface area contributed by atoms with E-state index in [0.29, 0.717) is 0 Å². The maximum Gasteiger partial charge on any atom is 0.265 e. The first-order valence-corrected chi connectivity index (χ1v) is 5.64. The smallest absolute Gasteiger partial charge is 0.265 e. The Morgan fingerprint density at radius 3 is 2.08 bits per heavy atom. The lowest BCUT2D eigenvalue weighted by atomic mass is 9.91. The van der Waals surface area contributed by atoms with Gasteiger partial charge in [-0.15, -0.1) is 12.4 Å². The summed E-state index contributed by atoms with van der Waals surface area (Å²) in [6, 6.07) is 0. The molecule has 74 valence electrons. The van der Waals surface area contributed by atoms with Crippen LogP contribution in [0.2, 0.25) is 0 Å². The van der Waals surface area contributed by atoms with Crippen molar-refractivity contribution in [2.75, 3.05) is 5.75 Å². The Morgan fingerprint density at radius 1 is 1.17 bits per heavy atom. The molecular weight excluding hydrogens is 200 g/mol. The Morgan fingerprint density at radius 2 is 1.67 bits per heavy atom. The van der Waals surface area contributed by atoms with Gasteiger partial charge in [-0.2, -0.15) is 8.42 Å². The minimum Gasteiger partial charge on any atom is -0.286 e. The van der Waals surface area contributed by atoms with Crippen molar-refractivity contribution in [3.63, 3.8) is 0 Å². The van der Waals surface area contributed by atoms with E-state index in [0.717, 1.165) is 25.7 Å². The van der Waals surface area contributed by atoms with Gasteiger partial charge in [0.25, 0.3) is 10.1 Å². The fourth-order valence-corrected chi connectivity index (χ4v) is 2.58. The van der Waals surface area contributed by atoms with Crippen LogP contribution in [0.5, 0.6) is 0 Å². The molecule has 3 nitrogen and oxygen atoms in total. The third-order valence-corrected chi connectivity index (χ3v) is 3.06. The number of halogens is 1. The molecule has 12 heavy (non-hydrogen) atoms. The summed E-state index contributed by atoms with van der Waals surface area (Å²) in [6.07, 6.45) is 5.35. The van der Waals surface area contributed by atoms with E-state index in [2.05, 4.69) is 0 Å². The molecule has 0 aliphatic heterocycles. The summed E-state index contributed by atoms with van der Waals surface area (Å²) in [5.74, 6) is 0.172. The second kappa shape index (κ2) is 5.04. The predicted octanol–water partition coefficient (Wildman–Crippen LogP) is 1.88. The Balaban J connectivity index is 0.00000121. The summed E-state index contributed by atoms with van der Waals surface area (Å²) >= 11 is 0. The summed E-state index contributed by atoms with van der Waals surface area (Å²) in [5, 5.41) is 0. The average molecular weight is 215 g/mol. The van der Waals surface area contributed by atoms with Crippen molar-refractivity contribution in [2.24, 2.45) is 5.92 Å². The fourth-order valence-electron chi connectivity index (χ4n) is 1.65. The predicted molar refractivity (Wildman–Crippen MR) is 50.2 cm³/mol. The van der Waals surface area contributed by atoms with Gasteiger partial charge < -0.3 is 0 Å². The van der Waals surface area contributed by atoms with Crippen molar-refractivity contribution in [3.8, 4) is 0 Å². The SMILES string of the molecule is Cl.O=S(=O)(O)CC1CCCCC1. The highest BCUT2D eigenvalue weighted by atomic mass is 35.5. The fraction of sp³-hybridized carbons (Fsp3) is 1.00. The molecule has 0 unspecified atom stereocenters. The molecular formula is C7H15ClO3S. The van der Waals surface area contributed by atoms with Gasteiger partial charge in [0.05, 0.1) is 5.75 Å². The zero-order valence-electron chi connectivity index (χ0n) is 6.90. The van der Waals surface area contributed by atoms with Crippen LogP contribution in [0, 0.1) is 5.92 Å². The van der Waals surface area contributed by atoms with Crippen molar-refractivity contribution in [1.82, 2.24) is 0 Å². The molecule has 1 rings (SSSR count). The first kappa shape index (κ1) is 12.2. The van der Waals surface area contributed by atoms with Crippen molar-refractivity contribution < 1.29 is 13.0 Å². The van der Waals surface area contributed by atoms with Crippen LogP contribution in [0.25, 0.3) is 0 Å². The molecule has 1 fully saturated rings. The molecule has 1 saturated carbocycles. The van der Waals surface area contributed by atoms with Gasteiger partial charge in [0, 0.05) is 0 Å². The average Bonchev–Trinajstić information content (AvgIpc) is 1.85. The zero-order chi connectivity index (χ0) is 8.32. The van der Waals surface area contributed by atoms with Gasteiger partial charge in [-0.1, -0.05) is 19.3 Å². The lowest BCUT2D eigenvalue weighted by Crippen LogP contribution is -2.17. The highest BCUT2D eigenvalue weighted by Crippen LogP contribution is 2.24. The van der Waals surface area contributed by atoms with E-state index in [4.69, 9.17) is 4.55 Å². The van der Waals surface area contributed by atoms with Gasteiger partial charge in [-0.05, 0) is 18.8 Å². The van der Waals surface area contributed by atoms with Crippen LogP contribution >= 0.6 is 12.4 Å². The summed E-state index contributed by atoms with van der Waals surface area (Å²) in [7, 11) is -3.72. The molecule has 0 aromatic rings. The lowest BCUT2D eigenvalue weighted by Gasteiger charge is -2.19. The summed E-state index contributed by atoms with van der Waals surface area (Å²) < 4.78 is 29.5. The summed E-state index contributed by atoms with van der Waals surface area (Å²) in [4.78, 5) is 0. The van der Waals surface area contributed by atoms with Crippen molar-refractivity contribution in [1.29, 1.82) is 0 Å². The second-order valence-electron chi connectivity index (χ2n) is 3.25. The highest BCUT2D eigenvalue weighted by Gasteiger charge is 2.18. The van der Waals surface area contributed by atoms with Gasteiger partial charge in [0.15, 0.2) is 0 Å². The summed E-state index contributed by atoms with van der Waals surface area (Å²) in [6.45, 7) is 0. The van der Waals surface area contributed by atoms with Crippen molar-refractivity contribution >= 4 is 22.5 Å². The molecule has 5 heteroatoms. The Labute approximate surface area is 79.7 Å². The molecule has 0 heterocycles. The minimum atomic E-state index is -3.72. The molecule has 0 bridgehead atoms. The third-order valence-electron chi connectivity index (χ3n) is 2.17. The van der Waals surface area contributed by atoms with Gasteiger partial charge >= 0.3 is 0 Å². The van der Waals surface area contributed by atoms with Crippen LogP contribution in [-0.4, -0.2) is 18.7 Å². The van der Waals surface area contributed by atoms with E-state index in [1.54, 1.807) is 0 Å². The monoisotopic (exact) mass is 214 g/mol. The van der Waals surface area contributed by atoms with Crippen LogP contribution in [-0.2, 0) is 10.1 Å². The van der Waals surface area contributed by atoms with Crippen LogP contribution in [0.3, 0.4) is 0 Å². The van der Waals surface area contributed by atoms with Crippen molar-refractivity contribution in [2.45, 2.75) is 32.1 Å². The van der Waals surface area contributed by atoms with Crippen LogP contribution in [0.4, 0.5) is 0 Å². The summed E-state index contributed by atoms with van der Waals surface area (Å²) in [5.41, 5.74) is 0. The highest BCUT2D eigenvalue weighted by molar-refractivity contribution is 7.85. The van der Waals surface area contributed by atoms with E-state index < -0.39 is 10.1 Å². The molecule has 0 radical (unpaired) electrons. The topological polar surface area (TPSA) is 54.4 Å². The third kappa shape index (κ3) is 4.95. The molecule has 1 aliphatic rings. The van der Waals surface area contributed by atoms with Gasteiger partial charge in [0.2, 0.25) is 0 Å². The maximum absolute atomic E-state index is 10.5. The normalized spacial score (nSPS) is 20.1. The molecule has 0 aromatic carbocycles. The zero-order valence-corrected chi connectivity index (χ0v) is 8.53. The van der Waals surface area contributed by atoms with E-state index in [-0.39, 0.29) is 24.1 Å². The molecule has 0 atom stereocenters. The largest absolute Gasteiger partial charge is 0.286 e. The maximum atomic E-state index is 10.5. The first-order valence-electron chi connectivity index (χ1n) is 4.03. The van der Waals surface area contributed by atoms with Crippen molar-refractivity contribution in [3.05, 3.63) is 0 Å². The lowest BCUT2D eigenvalue weighted by molar-refractivity contribution is 0.374. The van der Waals surface area contributed by atoms with Gasteiger partial charge in [-0.3, -0.25) is 4.55 Å². The van der Waals surface area contributed by atoms with Gasteiger partial charge in [0.1, 0.15) is 0 Å². The first-order chi connectivity index (χ1) is 5.08. The standard InChI is InChI=1S/C7H14O3S.ClH/c8-11(9,10)6-7-4-2-1-3-5-7;/h7H,1-6H2,(H,8,9,10);1H. The Bertz CT molecular complexity index is 207. The molecule has 1 N–H and O–H groups in total. The van der Waals surface area contributed by atoms with E-state index >= 15 is 0 Å². The van der Waals surface area contributed by atoms with Crippen LogP contribution in [0.15, 0.2) is 0 Å².